The number of methoxy groups -OCH3 is 1. The highest BCUT2D eigenvalue weighted by atomic mass is 16.5. The summed E-state index contributed by atoms with van der Waals surface area (Å²) in [6.07, 6.45) is 0.754. The fraction of sp³-hybridized carbons (Fsp3) is 0.263. The normalized spacial score (nSPS) is 11.8. The monoisotopic (exact) mass is 297 g/mol. The highest BCUT2D eigenvalue weighted by molar-refractivity contribution is 5.44. The highest BCUT2D eigenvalue weighted by Gasteiger charge is 2.11. The molecule has 1 atom stereocenters. The fourth-order valence-electron chi connectivity index (χ4n) is 2.27. The molecule has 0 aliphatic rings. The molecule has 0 heterocycles. The molecule has 2 N–H and O–H groups in total. The fourth-order valence-corrected chi connectivity index (χ4v) is 2.27. The maximum atomic E-state index is 6.21. The quantitative estimate of drug-likeness (QED) is 0.777. The predicted octanol–water partition coefficient (Wildman–Crippen LogP) is 4.24. The van der Waals surface area contributed by atoms with E-state index in [1.165, 1.54) is 0 Å². The van der Waals surface area contributed by atoms with E-state index in [0.29, 0.717) is 18.1 Å². The number of ether oxygens (including phenoxy) is 2. The first-order chi connectivity index (χ1) is 10.6. The lowest BCUT2D eigenvalue weighted by atomic mass is 10.0. The van der Waals surface area contributed by atoms with Crippen molar-refractivity contribution >= 4 is 0 Å². The van der Waals surface area contributed by atoms with Gasteiger partial charge in [-0.05, 0) is 36.6 Å². The van der Waals surface area contributed by atoms with Crippen molar-refractivity contribution in [1.82, 2.24) is 0 Å². The Morgan fingerprint density at radius 3 is 2.50 bits per heavy atom. The Morgan fingerprint density at radius 1 is 1.14 bits per heavy atom. The SMILES string of the molecule is C=C(C)C[C@H](N)c1ccc(OC)c(OCc2ccccc2)c1. The van der Waals surface area contributed by atoms with Gasteiger partial charge in [0.15, 0.2) is 11.5 Å². The Bertz CT molecular complexity index is 623. The standard InChI is InChI=1S/C19H23NO2/c1-14(2)11-17(20)16-9-10-18(21-3)19(12-16)22-13-15-7-5-4-6-8-15/h4-10,12,17H,1,11,13,20H2,2-3H3/t17-/m0/s1. The Labute approximate surface area is 132 Å². The van der Waals surface area contributed by atoms with Gasteiger partial charge in [-0.25, -0.2) is 0 Å². The number of hydrogen-bond donors (Lipinski definition) is 1. The van der Waals surface area contributed by atoms with E-state index in [1.807, 2.05) is 55.5 Å². The van der Waals surface area contributed by atoms with Crippen LogP contribution < -0.4 is 15.2 Å². The van der Waals surface area contributed by atoms with E-state index in [9.17, 15) is 0 Å². The first-order valence-electron chi connectivity index (χ1n) is 7.34. The topological polar surface area (TPSA) is 44.5 Å². The molecule has 3 heteroatoms. The molecule has 0 bridgehead atoms. The Balaban J connectivity index is 2.15. The average Bonchev–Trinajstić information content (AvgIpc) is 2.53. The maximum Gasteiger partial charge on any atom is 0.161 e. The molecule has 0 saturated carbocycles. The molecule has 22 heavy (non-hydrogen) atoms. The zero-order valence-electron chi connectivity index (χ0n) is 13.2. The van der Waals surface area contributed by atoms with E-state index >= 15 is 0 Å². The summed E-state index contributed by atoms with van der Waals surface area (Å²) in [5.74, 6) is 1.42. The lowest BCUT2D eigenvalue weighted by Gasteiger charge is -2.16. The van der Waals surface area contributed by atoms with Gasteiger partial charge in [0.2, 0.25) is 0 Å². The number of nitrogens with two attached hydrogens (primary N) is 1. The van der Waals surface area contributed by atoms with Crippen molar-refractivity contribution < 1.29 is 9.47 Å². The summed E-state index contributed by atoms with van der Waals surface area (Å²) in [5.41, 5.74) is 9.40. The molecule has 0 radical (unpaired) electrons. The first-order valence-corrected chi connectivity index (χ1v) is 7.34. The minimum absolute atomic E-state index is 0.0810. The molecule has 0 amide bonds. The number of hydrogen-bond acceptors (Lipinski definition) is 3. The van der Waals surface area contributed by atoms with Crippen molar-refractivity contribution in [1.29, 1.82) is 0 Å². The number of rotatable bonds is 7. The minimum atomic E-state index is -0.0810. The Hall–Kier alpha value is -2.26. The van der Waals surface area contributed by atoms with Gasteiger partial charge in [-0.2, -0.15) is 0 Å². The third kappa shape index (κ3) is 4.37. The molecule has 2 aromatic carbocycles. The molecule has 2 rings (SSSR count). The Morgan fingerprint density at radius 2 is 1.86 bits per heavy atom. The predicted molar refractivity (Wildman–Crippen MR) is 90.1 cm³/mol. The molecule has 0 aliphatic heterocycles. The molecule has 0 saturated heterocycles. The molecular formula is C19H23NO2. The van der Waals surface area contributed by atoms with Gasteiger partial charge in [0.1, 0.15) is 6.61 Å². The van der Waals surface area contributed by atoms with Gasteiger partial charge in [-0.1, -0.05) is 42.0 Å². The van der Waals surface area contributed by atoms with Crippen LogP contribution in [0.1, 0.15) is 30.5 Å². The van der Waals surface area contributed by atoms with Crippen molar-refractivity contribution in [2.45, 2.75) is 26.0 Å². The molecule has 0 aromatic heterocycles. The summed E-state index contributed by atoms with van der Waals surface area (Å²) >= 11 is 0. The summed E-state index contributed by atoms with van der Waals surface area (Å²) in [7, 11) is 1.64. The van der Waals surface area contributed by atoms with Crippen molar-refractivity contribution in [3.05, 3.63) is 71.8 Å². The second kappa shape index (κ2) is 7.66. The van der Waals surface area contributed by atoms with Gasteiger partial charge in [-0.15, -0.1) is 6.58 Å². The maximum absolute atomic E-state index is 6.21. The van der Waals surface area contributed by atoms with Crippen LogP contribution in [-0.2, 0) is 6.61 Å². The summed E-state index contributed by atoms with van der Waals surface area (Å²) in [4.78, 5) is 0. The lowest BCUT2D eigenvalue weighted by Crippen LogP contribution is -2.11. The molecule has 3 nitrogen and oxygen atoms in total. The summed E-state index contributed by atoms with van der Waals surface area (Å²) < 4.78 is 11.3. The van der Waals surface area contributed by atoms with E-state index in [0.717, 1.165) is 23.1 Å². The second-order valence-corrected chi connectivity index (χ2v) is 5.45. The van der Waals surface area contributed by atoms with E-state index in [-0.39, 0.29) is 6.04 Å². The van der Waals surface area contributed by atoms with Crippen LogP contribution in [0.2, 0.25) is 0 Å². The Kier molecular flexibility index (Phi) is 5.61. The molecule has 2 aromatic rings. The molecular weight excluding hydrogens is 274 g/mol. The third-order valence-electron chi connectivity index (χ3n) is 3.42. The second-order valence-electron chi connectivity index (χ2n) is 5.45. The highest BCUT2D eigenvalue weighted by Crippen LogP contribution is 2.31. The van der Waals surface area contributed by atoms with Gasteiger partial charge < -0.3 is 15.2 Å². The van der Waals surface area contributed by atoms with Crippen LogP contribution in [0.3, 0.4) is 0 Å². The van der Waals surface area contributed by atoms with Crippen LogP contribution in [-0.4, -0.2) is 7.11 Å². The molecule has 0 fully saturated rings. The average molecular weight is 297 g/mol. The van der Waals surface area contributed by atoms with Gasteiger partial charge in [0.25, 0.3) is 0 Å². The first kappa shape index (κ1) is 16.1. The van der Waals surface area contributed by atoms with Crippen LogP contribution in [0.5, 0.6) is 11.5 Å². The van der Waals surface area contributed by atoms with Gasteiger partial charge >= 0.3 is 0 Å². The largest absolute Gasteiger partial charge is 0.493 e. The van der Waals surface area contributed by atoms with E-state index < -0.39 is 0 Å². The summed E-state index contributed by atoms with van der Waals surface area (Å²) in [5, 5.41) is 0. The number of benzene rings is 2. The zero-order valence-corrected chi connectivity index (χ0v) is 13.2. The van der Waals surface area contributed by atoms with Crippen LogP contribution >= 0.6 is 0 Å². The molecule has 116 valence electrons. The van der Waals surface area contributed by atoms with Crippen LogP contribution in [0.25, 0.3) is 0 Å². The minimum Gasteiger partial charge on any atom is -0.493 e. The van der Waals surface area contributed by atoms with Crippen LogP contribution in [0, 0.1) is 0 Å². The smallest absolute Gasteiger partial charge is 0.161 e. The molecule has 0 aliphatic carbocycles. The molecule has 0 spiro atoms. The van der Waals surface area contributed by atoms with E-state index in [2.05, 4.69) is 6.58 Å². The summed E-state index contributed by atoms with van der Waals surface area (Å²) in [6, 6.07) is 15.8. The molecule has 0 unspecified atom stereocenters. The van der Waals surface area contributed by atoms with Crippen molar-refractivity contribution in [3.8, 4) is 11.5 Å². The zero-order chi connectivity index (χ0) is 15.9. The van der Waals surface area contributed by atoms with Crippen molar-refractivity contribution in [2.75, 3.05) is 7.11 Å². The van der Waals surface area contributed by atoms with Gasteiger partial charge in [-0.3, -0.25) is 0 Å². The third-order valence-corrected chi connectivity index (χ3v) is 3.42. The van der Waals surface area contributed by atoms with E-state index in [1.54, 1.807) is 7.11 Å². The summed E-state index contributed by atoms with van der Waals surface area (Å²) in [6.45, 7) is 6.40. The van der Waals surface area contributed by atoms with Crippen LogP contribution in [0.15, 0.2) is 60.7 Å². The van der Waals surface area contributed by atoms with Crippen molar-refractivity contribution in [3.63, 3.8) is 0 Å². The van der Waals surface area contributed by atoms with Crippen molar-refractivity contribution in [2.24, 2.45) is 5.73 Å². The van der Waals surface area contributed by atoms with Gasteiger partial charge in [0.05, 0.1) is 7.11 Å². The van der Waals surface area contributed by atoms with Crippen LogP contribution in [0.4, 0.5) is 0 Å². The lowest BCUT2D eigenvalue weighted by molar-refractivity contribution is 0.284. The van der Waals surface area contributed by atoms with E-state index in [4.69, 9.17) is 15.2 Å². The van der Waals surface area contributed by atoms with Gasteiger partial charge in [0, 0.05) is 6.04 Å².